The summed E-state index contributed by atoms with van der Waals surface area (Å²) in [4.78, 5) is 0. The van der Waals surface area contributed by atoms with Crippen LogP contribution in [0.25, 0.3) is 0 Å². The molecule has 1 N–H and O–H groups in total. The van der Waals surface area contributed by atoms with Crippen LogP contribution in [0.1, 0.15) is 51.9 Å². The molecule has 0 heterocycles. The molecule has 0 saturated heterocycles. The molecule has 0 spiro atoms. The van der Waals surface area contributed by atoms with Crippen LogP contribution in [0.4, 0.5) is 0 Å². The third kappa shape index (κ3) is 2.03. The Morgan fingerprint density at radius 2 is 1.88 bits per heavy atom. The van der Waals surface area contributed by atoms with Gasteiger partial charge in [-0.3, -0.25) is 0 Å². The molecule has 3 aliphatic carbocycles. The maximum Gasteiger partial charge on any atom is -0.00177 e. The highest BCUT2D eigenvalue weighted by Crippen LogP contribution is 2.54. The van der Waals surface area contributed by atoms with E-state index in [9.17, 15) is 0 Å². The van der Waals surface area contributed by atoms with Crippen LogP contribution in [-0.4, -0.2) is 13.1 Å². The third-order valence-electron chi connectivity index (χ3n) is 5.53. The Kier molecular flexibility index (Phi) is 3.24. The molecule has 5 atom stereocenters. The Morgan fingerprint density at radius 3 is 2.75 bits per heavy atom. The molecule has 0 radical (unpaired) electrons. The van der Waals surface area contributed by atoms with Crippen LogP contribution < -0.4 is 5.32 Å². The Hall–Kier alpha value is -0.0400. The maximum atomic E-state index is 3.68. The van der Waals surface area contributed by atoms with E-state index in [1.54, 1.807) is 38.5 Å². The summed E-state index contributed by atoms with van der Waals surface area (Å²) in [6.07, 6.45) is 10.7. The molecular formula is C15H27N. The van der Waals surface area contributed by atoms with E-state index >= 15 is 0 Å². The Morgan fingerprint density at radius 1 is 1.00 bits per heavy atom. The van der Waals surface area contributed by atoms with Gasteiger partial charge >= 0.3 is 0 Å². The summed E-state index contributed by atoms with van der Waals surface area (Å²) >= 11 is 0. The minimum Gasteiger partial charge on any atom is -0.316 e. The van der Waals surface area contributed by atoms with Crippen LogP contribution in [0, 0.1) is 29.6 Å². The van der Waals surface area contributed by atoms with Gasteiger partial charge in [-0.1, -0.05) is 13.3 Å². The summed E-state index contributed by atoms with van der Waals surface area (Å²) in [6, 6.07) is 0. The lowest BCUT2D eigenvalue weighted by Gasteiger charge is -2.52. The monoisotopic (exact) mass is 221 g/mol. The molecule has 0 aromatic heterocycles. The van der Waals surface area contributed by atoms with Crippen LogP contribution in [0.3, 0.4) is 0 Å². The maximum absolute atomic E-state index is 3.68. The van der Waals surface area contributed by atoms with Gasteiger partial charge in [0.05, 0.1) is 0 Å². The van der Waals surface area contributed by atoms with E-state index in [-0.39, 0.29) is 0 Å². The van der Waals surface area contributed by atoms with Crippen molar-refractivity contribution in [2.24, 2.45) is 29.6 Å². The summed E-state index contributed by atoms with van der Waals surface area (Å²) in [5.41, 5.74) is 0. The molecule has 3 fully saturated rings. The van der Waals surface area contributed by atoms with E-state index in [2.05, 4.69) is 12.2 Å². The minimum atomic E-state index is 1.02. The lowest BCUT2D eigenvalue weighted by molar-refractivity contribution is -0.0102. The molecule has 5 unspecified atom stereocenters. The molecule has 92 valence electrons. The Bertz CT molecular complexity index is 232. The average Bonchev–Trinajstić information content (AvgIpc) is 2.27. The second kappa shape index (κ2) is 4.68. The predicted octanol–water partition coefficient (Wildman–Crippen LogP) is 3.45. The van der Waals surface area contributed by atoms with Crippen molar-refractivity contribution in [1.82, 2.24) is 5.32 Å². The fourth-order valence-electron chi connectivity index (χ4n) is 4.98. The van der Waals surface area contributed by atoms with Gasteiger partial charge in [0.15, 0.2) is 0 Å². The zero-order chi connectivity index (χ0) is 11.0. The molecule has 0 aromatic carbocycles. The van der Waals surface area contributed by atoms with Crippen molar-refractivity contribution < 1.29 is 0 Å². The SMILES string of the molecule is CCCNCC1CC2CC3CCC1C(C3)C2. The molecule has 16 heavy (non-hydrogen) atoms. The van der Waals surface area contributed by atoms with Gasteiger partial charge in [0.2, 0.25) is 0 Å². The van der Waals surface area contributed by atoms with E-state index < -0.39 is 0 Å². The van der Waals surface area contributed by atoms with Crippen molar-refractivity contribution in [3.05, 3.63) is 0 Å². The van der Waals surface area contributed by atoms with Crippen LogP contribution in [0.15, 0.2) is 0 Å². The Balaban J connectivity index is 1.62. The largest absolute Gasteiger partial charge is 0.316 e. The normalized spacial score (nSPS) is 45.9. The first kappa shape index (κ1) is 11.1. The number of hydrogen-bond donors (Lipinski definition) is 1. The van der Waals surface area contributed by atoms with Crippen LogP contribution in [0.2, 0.25) is 0 Å². The van der Waals surface area contributed by atoms with Crippen molar-refractivity contribution in [3.63, 3.8) is 0 Å². The Labute approximate surface area is 100 Å². The highest BCUT2D eigenvalue weighted by molar-refractivity contribution is 4.96. The fourth-order valence-corrected chi connectivity index (χ4v) is 4.98. The molecule has 3 saturated carbocycles. The fraction of sp³-hybridized carbons (Fsp3) is 1.00. The first-order chi connectivity index (χ1) is 7.86. The standard InChI is InChI=1S/C15H27N/c1-2-5-16-10-14-9-12-6-11-3-4-15(14)13(7-11)8-12/h11-16H,2-10H2,1H3. The lowest BCUT2D eigenvalue weighted by Crippen LogP contribution is -2.45. The third-order valence-corrected chi connectivity index (χ3v) is 5.53. The molecule has 1 heteroatoms. The summed E-state index contributed by atoms with van der Waals surface area (Å²) in [5, 5.41) is 3.68. The molecule has 0 amide bonds. The van der Waals surface area contributed by atoms with Crippen molar-refractivity contribution in [2.75, 3.05) is 13.1 Å². The number of hydrogen-bond acceptors (Lipinski definition) is 1. The number of nitrogens with one attached hydrogen (secondary N) is 1. The summed E-state index contributed by atoms with van der Waals surface area (Å²) in [7, 11) is 0. The van der Waals surface area contributed by atoms with E-state index in [1.165, 1.54) is 19.5 Å². The molecule has 1 nitrogen and oxygen atoms in total. The van der Waals surface area contributed by atoms with Crippen molar-refractivity contribution in [2.45, 2.75) is 51.9 Å². The molecule has 3 aliphatic rings. The summed E-state index contributed by atoms with van der Waals surface area (Å²) in [5.74, 6) is 5.48. The molecule has 3 rings (SSSR count). The molecule has 3 bridgehead atoms. The zero-order valence-corrected chi connectivity index (χ0v) is 10.8. The minimum absolute atomic E-state index is 1.02. The highest BCUT2D eigenvalue weighted by Gasteiger charge is 2.45. The highest BCUT2D eigenvalue weighted by atomic mass is 14.9. The van der Waals surface area contributed by atoms with Gasteiger partial charge < -0.3 is 5.32 Å². The predicted molar refractivity (Wildman–Crippen MR) is 68.3 cm³/mol. The van der Waals surface area contributed by atoms with E-state index in [0.717, 1.165) is 29.6 Å². The van der Waals surface area contributed by atoms with Gasteiger partial charge in [-0.15, -0.1) is 0 Å². The van der Waals surface area contributed by atoms with Crippen molar-refractivity contribution in [1.29, 1.82) is 0 Å². The molecule has 0 aromatic rings. The topological polar surface area (TPSA) is 12.0 Å². The van der Waals surface area contributed by atoms with Gasteiger partial charge in [-0.25, -0.2) is 0 Å². The molecule has 0 aliphatic heterocycles. The van der Waals surface area contributed by atoms with Crippen molar-refractivity contribution >= 4 is 0 Å². The number of fused-ring (bicyclic) bond motifs is 2. The van der Waals surface area contributed by atoms with Gasteiger partial charge in [0, 0.05) is 0 Å². The van der Waals surface area contributed by atoms with Crippen LogP contribution in [0.5, 0.6) is 0 Å². The lowest BCUT2D eigenvalue weighted by atomic mass is 9.54. The second-order valence-electron chi connectivity index (χ2n) is 6.64. The first-order valence-electron chi connectivity index (χ1n) is 7.57. The van der Waals surface area contributed by atoms with Crippen molar-refractivity contribution in [3.8, 4) is 0 Å². The van der Waals surface area contributed by atoms with Gasteiger partial charge in [-0.2, -0.15) is 0 Å². The zero-order valence-electron chi connectivity index (χ0n) is 10.8. The van der Waals surface area contributed by atoms with E-state index in [4.69, 9.17) is 0 Å². The summed E-state index contributed by atoms with van der Waals surface area (Å²) in [6.45, 7) is 4.81. The van der Waals surface area contributed by atoms with Gasteiger partial charge in [0.25, 0.3) is 0 Å². The van der Waals surface area contributed by atoms with Crippen LogP contribution in [-0.2, 0) is 0 Å². The van der Waals surface area contributed by atoms with Crippen LogP contribution >= 0.6 is 0 Å². The smallest absolute Gasteiger partial charge is 0.00177 e. The molecular weight excluding hydrogens is 194 g/mol. The second-order valence-corrected chi connectivity index (χ2v) is 6.64. The quantitative estimate of drug-likeness (QED) is 0.717. The summed E-state index contributed by atoms with van der Waals surface area (Å²) < 4.78 is 0. The van der Waals surface area contributed by atoms with E-state index in [1.807, 2.05) is 0 Å². The number of rotatable bonds is 4. The van der Waals surface area contributed by atoms with Gasteiger partial charge in [0.1, 0.15) is 0 Å². The van der Waals surface area contributed by atoms with E-state index in [0.29, 0.717) is 0 Å². The average molecular weight is 221 g/mol. The first-order valence-corrected chi connectivity index (χ1v) is 7.57. The van der Waals surface area contributed by atoms with Gasteiger partial charge in [-0.05, 0) is 81.2 Å².